The van der Waals surface area contributed by atoms with Crippen LogP contribution < -0.4 is 4.74 Å². The van der Waals surface area contributed by atoms with Gasteiger partial charge in [-0.15, -0.1) is 0 Å². The molecule has 2 nitrogen and oxygen atoms in total. The van der Waals surface area contributed by atoms with Crippen LogP contribution in [-0.4, -0.2) is 19.3 Å². The lowest BCUT2D eigenvalue weighted by molar-refractivity contribution is -0.0443. The third-order valence-electron chi connectivity index (χ3n) is 10.00. The van der Waals surface area contributed by atoms with Crippen molar-refractivity contribution in [3.63, 3.8) is 0 Å². The van der Waals surface area contributed by atoms with Crippen LogP contribution in [0.1, 0.15) is 129 Å². The Bertz CT molecular complexity index is 938. The van der Waals surface area contributed by atoms with Gasteiger partial charge in [0.2, 0.25) is 5.82 Å². The van der Waals surface area contributed by atoms with E-state index in [0.29, 0.717) is 24.2 Å². The van der Waals surface area contributed by atoms with Crippen LogP contribution in [-0.2, 0) is 4.74 Å². The lowest BCUT2D eigenvalue weighted by Crippen LogP contribution is -2.32. The van der Waals surface area contributed by atoms with Gasteiger partial charge in [0.1, 0.15) is 0 Å². The molecule has 1 aliphatic heterocycles. The van der Waals surface area contributed by atoms with Crippen LogP contribution in [0.4, 0.5) is 8.78 Å². The molecule has 3 unspecified atom stereocenters. The van der Waals surface area contributed by atoms with E-state index < -0.39 is 11.6 Å². The highest BCUT2D eigenvalue weighted by molar-refractivity contribution is 5.67. The molecular formula is C36H54F2O2. The Morgan fingerprint density at radius 2 is 1.70 bits per heavy atom. The zero-order chi connectivity index (χ0) is 28.2. The summed E-state index contributed by atoms with van der Waals surface area (Å²) < 4.78 is 41.2. The van der Waals surface area contributed by atoms with E-state index in [1.54, 1.807) is 12.1 Å². The molecule has 1 saturated heterocycles. The lowest BCUT2D eigenvalue weighted by Gasteiger charge is -2.38. The lowest BCUT2D eigenvalue weighted by atomic mass is 9.72. The smallest absolute Gasteiger partial charge is 0.201 e. The third kappa shape index (κ3) is 9.16. The average Bonchev–Trinajstić information content (AvgIpc) is 2.99. The number of unbranched alkanes of at least 4 members (excludes halogenated alkanes) is 3. The predicted molar refractivity (Wildman–Crippen MR) is 163 cm³/mol. The van der Waals surface area contributed by atoms with Crippen LogP contribution in [0.5, 0.6) is 5.75 Å². The fourth-order valence-corrected chi connectivity index (χ4v) is 7.27. The molecule has 2 fully saturated rings. The molecule has 1 saturated carbocycles. The average molecular weight is 557 g/mol. The molecule has 3 aliphatic rings. The predicted octanol–water partition coefficient (Wildman–Crippen LogP) is 10.8. The van der Waals surface area contributed by atoms with E-state index in [1.807, 2.05) is 6.92 Å². The van der Waals surface area contributed by atoms with E-state index in [2.05, 4.69) is 25.2 Å². The van der Waals surface area contributed by atoms with Gasteiger partial charge in [-0.25, -0.2) is 4.39 Å². The number of hydrogen-bond donors (Lipinski definition) is 0. The maximum Gasteiger partial charge on any atom is 0.201 e. The first-order valence-corrected chi connectivity index (χ1v) is 16.6. The fourth-order valence-electron chi connectivity index (χ4n) is 7.27. The monoisotopic (exact) mass is 556 g/mol. The summed E-state index contributed by atoms with van der Waals surface area (Å²) in [5.74, 6) is 1.63. The van der Waals surface area contributed by atoms with Gasteiger partial charge in [0.05, 0.1) is 19.3 Å². The number of ether oxygens (including phenoxy) is 2. The summed E-state index contributed by atoms with van der Waals surface area (Å²) in [4.78, 5) is 0. The Kier molecular flexibility index (Phi) is 13.0. The largest absolute Gasteiger partial charge is 0.490 e. The molecule has 1 aromatic carbocycles. The quantitative estimate of drug-likeness (QED) is 0.168. The Morgan fingerprint density at radius 1 is 0.875 bits per heavy atom. The van der Waals surface area contributed by atoms with Crippen LogP contribution >= 0.6 is 0 Å². The van der Waals surface area contributed by atoms with E-state index in [-0.39, 0.29) is 5.75 Å². The van der Waals surface area contributed by atoms with Crippen LogP contribution in [0.2, 0.25) is 0 Å². The summed E-state index contributed by atoms with van der Waals surface area (Å²) in [5.41, 5.74) is 1.34. The molecule has 4 rings (SSSR count). The summed E-state index contributed by atoms with van der Waals surface area (Å²) in [6.07, 6.45) is 27.5. The summed E-state index contributed by atoms with van der Waals surface area (Å²) in [6, 6.07) is 3.28. The Hall–Kier alpha value is -1.68. The topological polar surface area (TPSA) is 18.5 Å². The third-order valence-corrected chi connectivity index (χ3v) is 10.00. The molecule has 0 radical (unpaired) electrons. The highest BCUT2D eigenvalue weighted by Crippen LogP contribution is 2.40. The van der Waals surface area contributed by atoms with E-state index in [0.717, 1.165) is 68.5 Å². The van der Waals surface area contributed by atoms with Crippen molar-refractivity contribution >= 4 is 5.57 Å². The van der Waals surface area contributed by atoms with Crippen molar-refractivity contribution in [1.82, 2.24) is 0 Å². The van der Waals surface area contributed by atoms with Crippen molar-refractivity contribution < 1.29 is 18.3 Å². The van der Waals surface area contributed by atoms with Crippen LogP contribution in [0.25, 0.3) is 5.57 Å². The molecular weight excluding hydrogens is 502 g/mol. The molecule has 2 aliphatic carbocycles. The van der Waals surface area contributed by atoms with Crippen LogP contribution in [0, 0.1) is 35.3 Å². The molecule has 0 spiro atoms. The highest BCUT2D eigenvalue weighted by Gasteiger charge is 2.31. The maximum atomic E-state index is 14.8. The molecule has 0 aromatic heterocycles. The summed E-state index contributed by atoms with van der Waals surface area (Å²) in [5, 5.41) is 0. The second-order valence-corrected chi connectivity index (χ2v) is 12.8. The minimum atomic E-state index is -0.854. The molecule has 224 valence electrons. The Labute approximate surface area is 243 Å². The van der Waals surface area contributed by atoms with Crippen molar-refractivity contribution in [2.24, 2.45) is 23.7 Å². The first-order chi connectivity index (χ1) is 19.6. The fraction of sp³-hybridized carbons (Fsp3) is 0.722. The zero-order valence-corrected chi connectivity index (χ0v) is 25.3. The number of benzene rings is 1. The molecule has 1 aromatic rings. The summed E-state index contributed by atoms with van der Waals surface area (Å²) in [6.45, 7) is 5.54. The molecule has 0 N–H and O–H groups in total. The van der Waals surface area contributed by atoms with Crippen molar-refractivity contribution in [2.75, 3.05) is 13.2 Å². The molecule has 4 heteroatoms. The maximum absolute atomic E-state index is 14.8. The minimum Gasteiger partial charge on any atom is -0.490 e. The minimum absolute atomic E-state index is 0.0256. The van der Waals surface area contributed by atoms with Gasteiger partial charge in [0, 0.05) is 5.56 Å². The standard InChI is InChI=1S/C36H54F2O2/c1-3-5-7-8-9-10-27-11-16-29(17-12-27)31-20-22-32(40-26-31)21-15-28-13-18-30(19-14-28)33-23-24-34(36(38)35(33)37)39-25-6-4-2/h3,5,18,23-24,27-29,31-32H,4,6-17,19-22,25-26H2,1-2H3/b5-3+. The summed E-state index contributed by atoms with van der Waals surface area (Å²) >= 11 is 0. The Balaban J connectivity index is 1.12. The van der Waals surface area contributed by atoms with Crippen molar-refractivity contribution in [1.29, 1.82) is 0 Å². The number of halogens is 2. The van der Waals surface area contributed by atoms with E-state index in [1.165, 1.54) is 70.6 Å². The van der Waals surface area contributed by atoms with Gasteiger partial charge in [0.15, 0.2) is 11.6 Å². The van der Waals surface area contributed by atoms with Gasteiger partial charge in [0.25, 0.3) is 0 Å². The van der Waals surface area contributed by atoms with E-state index in [4.69, 9.17) is 9.47 Å². The first-order valence-electron chi connectivity index (χ1n) is 16.6. The van der Waals surface area contributed by atoms with Crippen molar-refractivity contribution in [3.05, 3.63) is 47.6 Å². The normalized spacial score (nSPS) is 27.6. The van der Waals surface area contributed by atoms with Gasteiger partial charge >= 0.3 is 0 Å². The SMILES string of the molecule is C/C=C/CCCCC1CCC(C2CCC(CCC3CC=C(c4ccc(OCCCC)c(F)c4F)CC3)OC2)CC1. The second-order valence-electron chi connectivity index (χ2n) is 12.8. The number of allylic oxidation sites excluding steroid dienone is 4. The van der Waals surface area contributed by atoms with Crippen molar-refractivity contribution in [2.45, 2.75) is 129 Å². The van der Waals surface area contributed by atoms with Crippen molar-refractivity contribution in [3.8, 4) is 5.75 Å². The zero-order valence-electron chi connectivity index (χ0n) is 25.3. The molecule has 1 heterocycles. The second kappa shape index (κ2) is 16.7. The van der Waals surface area contributed by atoms with Crippen LogP contribution in [0.15, 0.2) is 30.4 Å². The van der Waals surface area contributed by atoms with Gasteiger partial charge in [-0.1, -0.05) is 57.3 Å². The van der Waals surface area contributed by atoms with Gasteiger partial charge in [-0.3, -0.25) is 0 Å². The molecule has 0 amide bonds. The summed E-state index contributed by atoms with van der Waals surface area (Å²) in [7, 11) is 0. The van der Waals surface area contributed by atoms with Gasteiger partial charge in [-0.05, 0) is 125 Å². The molecule has 0 bridgehead atoms. The van der Waals surface area contributed by atoms with Gasteiger partial charge < -0.3 is 9.47 Å². The molecule has 3 atom stereocenters. The van der Waals surface area contributed by atoms with E-state index >= 15 is 0 Å². The van der Waals surface area contributed by atoms with E-state index in [9.17, 15) is 8.78 Å². The first kappa shape index (κ1) is 31.3. The number of rotatable bonds is 14. The van der Waals surface area contributed by atoms with Crippen LogP contribution in [0.3, 0.4) is 0 Å². The Morgan fingerprint density at radius 3 is 2.40 bits per heavy atom. The molecule has 40 heavy (non-hydrogen) atoms. The van der Waals surface area contributed by atoms with Gasteiger partial charge in [-0.2, -0.15) is 4.39 Å². The number of hydrogen-bond acceptors (Lipinski definition) is 2. The highest BCUT2D eigenvalue weighted by atomic mass is 19.2.